The van der Waals surface area contributed by atoms with Crippen LogP contribution < -0.4 is 9.47 Å². The van der Waals surface area contributed by atoms with Gasteiger partial charge in [0.05, 0.1) is 16.5 Å². The molecule has 6 nitrogen and oxygen atoms in total. The van der Waals surface area contributed by atoms with Gasteiger partial charge in [0.2, 0.25) is 6.79 Å². The summed E-state index contributed by atoms with van der Waals surface area (Å²) in [4.78, 5) is 4.42. The third-order valence-corrected chi connectivity index (χ3v) is 6.32. The van der Waals surface area contributed by atoms with Gasteiger partial charge in [-0.05, 0) is 18.9 Å². The van der Waals surface area contributed by atoms with E-state index in [2.05, 4.69) is 4.98 Å². The topological polar surface area (TPSA) is 70.4 Å². The molecule has 23 heavy (non-hydrogen) atoms. The molecule has 4 rings (SSSR count). The van der Waals surface area contributed by atoms with E-state index in [9.17, 15) is 8.42 Å². The Morgan fingerprint density at radius 3 is 2.61 bits per heavy atom. The molecule has 2 aliphatic heterocycles. The third-order valence-electron chi connectivity index (χ3n) is 4.29. The first-order valence-corrected chi connectivity index (χ1v) is 9.56. The van der Waals surface area contributed by atoms with Gasteiger partial charge in [-0.1, -0.05) is 11.6 Å². The number of aromatic nitrogens is 2. The lowest BCUT2D eigenvalue weighted by Gasteiger charge is -2.25. The Labute approximate surface area is 138 Å². The lowest BCUT2D eigenvalue weighted by molar-refractivity contribution is 0.174. The van der Waals surface area contributed by atoms with Crippen LogP contribution >= 0.6 is 11.6 Å². The summed E-state index contributed by atoms with van der Waals surface area (Å²) >= 11 is 6.37. The number of benzene rings is 1. The van der Waals surface area contributed by atoms with E-state index in [1.807, 2.05) is 16.8 Å². The quantitative estimate of drug-likeness (QED) is 0.829. The Kier molecular flexibility index (Phi) is 3.50. The lowest BCUT2D eigenvalue weighted by Crippen LogP contribution is -2.25. The van der Waals surface area contributed by atoms with Crippen LogP contribution in [0.15, 0.2) is 24.5 Å². The van der Waals surface area contributed by atoms with Crippen molar-refractivity contribution in [3.8, 4) is 22.9 Å². The molecule has 0 bridgehead atoms. The van der Waals surface area contributed by atoms with Crippen LogP contribution in [-0.2, 0) is 9.84 Å². The predicted molar refractivity (Wildman–Crippen MR) is 85.7 cm³/mol. The minimum absolute atomic E-state index is 0.109. The molecule has 2 aliphatic rings. The first kappa shape index (κ1) is 14.8. The molecule has 0 atom stereocenters. The normalized spacial score (nSPS) is 19.9. The highest BCUT2D eigenvalue weighted by molar-refractivity contribution is 7.91. The minimum atomic E-state index is -2.90. The van der Waals surface area contributed by atoms with E-state index in [1.165, 1.54) is 0 Å². The van der Waals surface area contributed by atoms with Gasteiger partial charge in [-0.25, -0.2) is 13.4 Å². The predicted octanol–water partition coefficient (Wildman–Crippen LogP) is 2.68. The Morgan fingerprint density at radius 2 is 1.87 bits per heavy atom. The maximum Gasteiger partial charge on any atom is 0.231 e. The first-order chi connectivity index (χ1) is 11.0. The molecular weight excluding hydrogens is 340 g/mol. The molecule has 0 amide bonds. The van der Waals surface area contributed by atoms with Gasteiger partial charge >= 0.3 is 0 Å². The standard InChI is InChI=1S/C15H15ClN2O4S/c16-12-8-14-13(21-9-22-14)7-11(12)15-17-3-4-18(15)10-1-5-23(19,20)6-2-10/h3-4,7-8,10H,1-2,5-6,9H2. The van der Waals surface area contributed by atoms with Crippen LogP contribution in [0, 0.1) is 0 Å². The van der Waals surface area contributed by atoms with Crippen molar-refractivity contribution >= 4 is 21.4 Å². The van der Waals surface area contributed by atoms with Crippen molar-refractivity contribution < 1.29 is 17.9 Å². The average Bonchev–Trinajstić information content (AvgIpc) is 3.14. The van der Waals surface area contributed by atoms with Crippen LogP contribution in [0.3, 0.4) is 0 Å². The average molecular weight is 355 g/mol. The Bertz CT molecular complexity index is 848. The van der Waals surface area contributed by atoms with E-state index in [4.69, 9.17) is 21.1 Å². The molecule has 122 valence electrons. The molecule has 0 radical (unpaired) electrons. The summed E-state index contributed by atoms with van der Waals surface area (Å²) in [5.74, 6) is 2.41. The molecule has 1 aromatic carbocycles. The second-order valence-electron chi connectivity index (χ2n) is 5.73. The number of ether oxygens (including phenoxy) is 2. The fourth-order valence-corrected chi connectivity index (χ4v) is 4.77. The van der Waals surface area contributed by atoms with Crippen LogP contribution in [0.25, 0.3) is 11.4 Å². The fourth-order valence-electron chi connectivity index (χ4n) is 3.06. The molecular formula is C15H15ClN2O4S. The highest BCUT2D eigenvalue weighted by atomic mass is 35.5. The van der Waals surface area contributed by atoms with Gasteiger partial charge in [0.25, 0.3) is 0 Å². The SMILES string of the molecule is O=S1(=O)CCC(n2ccnc2-c2cc3c(cc2Cl)OCO3)CC1. The van der Waals surface area contributed by atoms with Crippen molar-refractivity contribution in [1.29, 1.82) is 0 Å². The molecule has 0 unspecified atom stereocenters. The number of sulfone groups is 1. The van der Waals surface area contributed by atoms with E-state index in [1.54, 1.807) is 12.3 Å². The molecule has 3 heterocycles. The molecule has 2 aromatic rings. The molecule has 0 spiro atoms. The van der Waals surface area contributed by atoms with Gasteiger partial charge in [0.1, 0.15) is 15.7 Å². The smallest absolute Gasteiger partial charge is 0.231 e. The second kappa shape index (κ2) is 5.42. The lowest BCUT2D eigenvalue weighted by atomic mass is 10.1. The maximum absolute atomic E-state index is 11.6. The highest BCUT2D eigenvalue weighted by Crippen LogP contribution is 2.41. The van der Waals surface area contributed by atoms with Crippen LogP contribution in [-0.4, -0.2) is 36.3 Å². The van der Waals surface area contributed by atoms with Crippen molar-refractivity contribution in [2.24, 2.45) is 0 Å². The summed E-state index contributed by atoms with van der Waals surface area (Å²) in [6.07, 6.45) is 4.76. The van der Waals surface area contributed by atoms with E-state index < -0.39 is 9.84 Å². The summed E-state index contributed by atoms with van der Waals surface area (Å²) in [5, 5.41) is 0.533. The second-order valence-corrected chi connectivity index (χ2v) is 8.44. The Hall–Kier alpha value is -1.73. The van der Waals surface area contributed by atoms with E-state index in [0.717, 1.165) is 11.4 Å². The van der Waals surface area contributed by atoms with Gasteiger partial charge in [-0.15, -0.1) is 0 Å². The van der Waals surface area contributed by atoms with Crippen molar-refractivity contribution in [3.63, 3.8) is 0 Å². The molecule has 0 aliphatic carbocycles. The van der Waals surface area contributed by atoms with Crippen molar-refractivity contribution in [2.75, 3.05) is 18.3 Å². The first-order valence-electron chi connectivity index (χ1n) is 7.36. The molecule has 1 aromatic heterocycles. The van der Waals surface area contributed by atoms with Gasteiger partial charge in [0, 0.05) is 30.1 Å². The van der Waals surface area contributed by atoms with Gasteiger partial charge in [-0.2, -0.15) is 0 Å². The zero-order valence-corrected chi connectivity index (χ0v) is 13.8. The number of hydrogen-bond acceptors (Lipinski definition) is 5. The van der Waals surface area contributed by atoms with Crippen LogP contribution in [0.1, 0.15) is 18.9 Å². The maximum atomic E-state index is 11.6. The molecule has 0 N–H and O–H groups in total. The summed E-state index contributed by atoms with van der Waals surface area (Å²) in [6.45, 7) is 0.185. The zero-order chi connectivity index (χ0) is 16.0. The minimum Gasteiger partial charge on any atom is -0.454 e. The van der Waals surface area contributed by atoms with Crippen LogP contribution in [0.5, 0.6) is 11.5 Å². The summed E-state index contributed by atoms with van der Waals surface area (Å²) < 4.78 is 36.0. The summed E-state index contributed by atoms with van der Waals surface area (Å²) in [6, 6.07) is 3.66. The van der Waals surface area contributed by atoms with Gasteiger partial charge < -0.3 is 14.0 Å². The third kappa shape index (κ3) is 2.68. The molecule has 0 saturated carbocycles. The zero-order valence-electron chi connectivity index (χ0n) is 12.2. The monoisotopic (exact) mass is 354 g/mol. The highest BCUT2D eigenvalue weighted by Gasteiger charge is 2.27. The molecule has 1 saturated heterocycles. The number of imidazole rings is 1. The fraction of sp³-hybridized carbons (Fsp3) is 0.400. The van der Waals surface area contributed by atoms with Gasteiger partial charge in [0.15, 0.2) is 11.5 Å². The summed E-state index contributed by atoms with van der Waals surface area (Å²) in [5.41, 5.74) is 0.759. The molecule has 1 fully saturated rings. The Balaban J connectivity index is 1.71. The van der Waals surface area contributed by atoms with E-state index >= 15 is 0 Å². The number of halogens is 1. The number of fused-ring (bicyclic) bond motifs is 1. The Morgan fingerprint density at radius 1 is 1.17 bits per heavy atom. The number of nitrogens with zero attached hydrogens (tertiary/aromatic N) is 2. The number of hydrogen-bond donors (Lipinski definition) is 0. The summed E-state index contributed by atoms with van der Waals surface area (Å²) in [7, 11) is -2.90. The van der Waals surface area contributed by atoms with Crippen molar-refractivity contribution in [3.05, 3.63) is 29.5 Å². The van der Waals surface area contributed by atoms with Crippen molar-refractivity contribution in [1.82, 2.24) is 9.55 Å². The van der Waals surface area contributed by atoms with Crippen molar-refractivity contribution in [2.45, 2.75) is 18.9 Å². The number of rotatable bonds is 2. The van der Waals surface area contributed by atoms with Gasteiger partial charge in [-0.3, -0.25) is 0 Å². The van der Waals surface area contributed by atoms with Crippen LogP contribution in [0.4, 0.5) is 0 Å². The largest absolute Gasteiger partial charge is 0.454 e. The van der Waals surface area contributed by atoms with Crippen LogP contribution in [0.2, 0.25) is 5.02 Å². The van der Waals surface area contributed by atoms with E-state index in [-0.39, 0.29) is 24.3 Å². The molecule has 8 heteroatoms. The van der Waals surface area contributed by atoms with E-state index in [0.29, 0.717) is 29.4 Å².